The van der Waals surface area contributed by atoms with Crippen molar-refractivity contribution in [3.63, 3.8) is 0 Å². The predicted molar refractivity (Wildman–Crippen MR) is 97.2 cm³/mol. The molecule has 4 nitrogen and oxygen atoms in total. The van der Waals surface area contributed by atoms with Crippen molar-refractivity contribution in [1.82, 2.24) is 0 Å². The van der Waals surface area contributed by atoms with Crippen LogP contribution >= 0.6 is 23.4 Å². The van der Waals surface area contributed by atoms with Gasteiger partial charge in [-0.2, -0.15) is 0 Å². The molecule has 7 heteroatoms. The molecule has 2 aromatic carbocycles. The van der Waals surface area contributed by atoms with Crippen LogP contribution in [0.25, 0.3) is 0 Å². The number of nitrogens with one attached hydrogen (secondary N) is 2. The number of carbonyl (C=O) groups excluding carboxylic acids is 2. The van der Waals surface area contributed by atoms with E-state index in [1.165, 1.54) is 30.0 Å². The number of hydrogen-bond acceptors (Lipinski definition) is 3. The summed E-state index contributed by atoms with van der Waals surface area (Å²) in [5.41, 5.74) is 2.19. The summed E-state index contributed by atoms with van der Waals surface area (Å²) in [6.45, 7) is 1.94. The normalized spacial score (nSPS) is 10.3. The van der Waals surface area contributed by atoms with Gasteiger partial charge in [-0.05, 0) is 42.8 Å². The first-order chi connectivity index (χ1) is 11.4. The highest BCUT2D eigenvalue weighted by Crippen LogP contribution is 2.19. The molecule has 0 fully saturated rings. The molecule has 2 amide bonds. The largest absolute Gasteiger partial charge is 0.325 e. The molecule has 2 N–H and O–H groups in total. The van der Waals surface area contributed by atoms with Crippen molar-refractivity contribution in [2.24, 2.45) is 0 Å². The second kappa shape index (κ2) is 8.70. The Balaban J connectivity index is 1.73. The van der Waals surface area contributed by atoms with Gasteiger partial charge in [-0.25, -0.2) is 4.39 Å². The van der Waals surface area contributed by atoms with E-state index in [9.17, 15) is 14.0 Å². The lowest BCUT2D eigenvalue weighted by Gasteiger charge is -2.07. The maximum atomic E-state index is 13.0. The Kier molecular flexibility index (Phi) is 6.63. The average molecular weight is 367 g/mol. The van der Waals surface area contributed by atoms with E-state index in [2.05, 4.69) is 10.6 Å². The topological polar surface area (TPSA) is 58.2 Å². The van der Waals surface area contributed by atoms with Gasteiger partial charge in [0.15, 0.2) is 0 Å². The zero-order valence-corrected chi connectivity index (χ0v) is 14.5. The van der Waals surface area contributed by atoms with Crippen LogP contribution in [0.1, 0.15) is 5.56 Å². The number of aryl methyl sites for hydroxylation is 1. The molecule has 0 unspecified atom stereocenters. The summed E-state index contributed by atoms with van der Waals surface area (Å²) in [5, 5.41) is 5.31. The van der Waals surface area contributed by atoms with Gasteiger partial charge in [0.05, 0.1) is 16.5 Å². The number of anilines is 2. The summed E-state index contributed by atoms with van der Waals surface area (Å²) < 4.78 is 13.0. The third-order valence-corrected chi connectivity index (χ3v) is 4.19. The van der Waals surface area contributed by atoms with E-state index in [-0.39, 0.29) is 28.3 Å². The van der Waals surface area contributed by atoms with Crippen molar-refractivity contribution >= 4 is 46.6 Å². The Morgan fingerprint density at radius 2 is 1.67 bits per heavy atom. The van der Waals surface area contributed by atoms with Crippen LogP contribution < -0.4 is 10.6 Å². The number of halogens is 2. The number of amides is 2. The molecular weight excluding hydrogens is 351 g/mol. The Labute approximate surface area is 148 Å². The third kappa shape index (κ3) is 5.86. The monoisotopic (exact) mass is 366 g/mol. The molecule has 0 atom stereocenters. The molecule has 0 aliphatic rings. The van der Waals surface area contributed by atoms with Crippen LogP contribution in [0, 0.1) is 12.7 Å². The van der Waals surface area contributed by atoms with Crippen LogP contribution in [0.15, 0.2) is 42.5 Å². The highest BCUT2D eigenvalue weighted by Gasteiger charge is 2.08. The van der Waals surface area contributed by atoms with E-state index < -0.39 is 5.82 Å². The average Bonchev–Trinajstić information content (AvgIpc) is 2.51. The second-order valence-electron chi connectivity index (χ2n) is 5.09. The molecule has 0 bridgehead atoms. The van der Waals surface area contributed by atoms with Gasteiger partial charge in [0.1, 0.15) is 5.82 Å². The molecule has 0 radical (unpaired) electrons. The molecule has 2 rings (SSSR count). The van der Waals surface area contributed by atoms with Crippen molar-refractivity contribution in [1.29, 1.82) is 0 Å². The molecule has 0 saturated heterocycles. The summed E-state index contributed by atoms with van der Waals surface area (Å²) in [6, 6.07) is 11.4. The minimum absolute atomic E-state index is 0.0574. The van der Waals surface area contributed by atoms with Gasteiger partial charge in [0.2, 0.25) is 11.8 Å². The van der Waals surface area contributed by atoms with Gasteiger partial charge in [-0.15, -0.1) is 11.8 Å². The van der Waals surface area contributed by atoms with Gasteiger partial charge in [-0.1, -0.05) is 23.7 Å². The number of hydrogen-bond donors (Lipinski definition) is 2. The quantitative estimate of drug-likeness (QED) is 0.809. The molecule has 0 heterocycles. The molecule has 0 aromatic heterocycles. The number of rotatable bonds is 6. The van der Waals surface area contributed by atoms with Crippen LogP contribution in [0.4, 0.5) is 15.8 Å². The standard InChI is InChI=1S/C17H16ClFN2O2S/c1-11-3-2-4-12(7-11)20-16(22)9-24-10-17(23)21-13-5-6-15(19)14(18)8-13/h2-8H,9-10H2,1H3,(H,20,22)(H,21,23). The van der Waals surface area contributed by atoms with E-state index in [1.54, 1.807) is 6.07 Å². The van der Waals surface area contributed by atoms with Gasteiger partial charge in [0, 0.05) is 11.4 Å². The minimum atomic E-state index is -0.545. The zero-order valence-electron chi connectivity index (χ0n) is 12.9. The van der Waals surface area contributed by atoms with Crippen LogP contribution in [0.3, 0.4) is 0 Å². The van der Waals surface area contributed by atoms with E-state index in [0.29, 0.717) is 5.69 Å². The lowest BCUT2D eigenvalue weighted by Crippen LogP contribution is -2.18. The fourth-order valence-electron chi connectivity index (χ4n) is 1.93. The van der Waals surface area contributed by atoms with Gasteiger partial charge in [0.25, 0.3) is 0 Å². The van der Waals surface area contributed by atoms with Crippen molar-refractivity contribution in [3.05, 3.63) is 58.9 Å². The molecule has 0 spiro atoms. The number of benzene rings is 2. The Hall–Kier alpha value is -2.05. The van der Waals surface area contributed by atoms with E-state index >= 15 is 0 Å². The highest BCUT2D eigenvalue weighted by atomic mass is 35.5. The maximum Gasteiger partial charge on any atom is 0.234 e. The van der Waals surface area contributed by atoms with Crippen molar-refractivity contribution in [2.45, 2.75) is 6.92 Å². The van der Waals surface area contributed by atoms with Crippen LogP contribution in [0.5, 0.6) is 0 Å². The summed E-state index contributed by atoms with van der Waals surface area (Å²) in [4.78, 5) is 23.6. The molecule has 2 aromatic rings. The first-order valence-electron chi connectivity index (χ1n) is 7.13. The molecule has 126 valence electrons. The van der Waals surface area contributed by atoms with Crippen LogP contribution in [-0.4, -0.2) is 23.3 Å². The smallest absolute Gasteiger partial charge is 0.234 e. The lowest BCUT2D eigenvalue weighted by atomic mass is 10.2. The van der Waals surface area contributed by atoms with Crippen molar-refractivity contribution in [3.8, 4) is 0 Å². The summed E-state index contributed by atoms with van der Waals surface area (Å²) in [6.07, 6.45) is 0. The number of thioether (sulfide) groups is 1. The van der Waals surface area contributed by atoms with E-state index in [1.807, 2.05) is 25.1 Å². The summed E-state index contributed by atoms with van der Waals surface area (Å²) >= 11 is 6.84. The van der Waals surface area contributed by atoms with Crippen LogP contribution in [0.2, 0.25) is 5.02 Å². The predicted octanol–water partition coefficient (Wildman–Crippen LogP) is 4.10. The van der Waals surface area contributed by atoms with E-state index in [4.69, 9.17) is 11.6 Å². The molecule has 0 aliphatic carbocycles. The minimum Gasteiger partial charge on any atom is -0.325 e. The van der Waals surface area contributed by atoms with Crippen molar-refractivity contribution in [2.75, 3.05) is 22.1 Å². The van der Waals surface area contributed by atoms with Gasteiger partial charge < -0.3 is 10.6 Å². The Morgan fingerprint density at radius 3 is 2.25 bits per heavy atom. The maximum absolute atomic E-state index is 13.0. The SMILES string of the molecule is Cc1cccc(NC(=O)CSCC(=O)Nc2ccc(F)c(Cl)c2)c1. The molecule has 24 heavy (non-hydrogen) atoms. The molecular formula is C17H16ClFN2O2S. The Bertz CT molecular complexity index is 755. The molecule has 0 saturated carbocycles. The van der Waals surface area contributed by atoms with Crippen LogP contribution in [-0.2, 0) is 9.59 Å². The number of carbonyl (C=O) groups is 2. The summed E-state index contributed by atoms with van der Waals surface area (Å²) in [7, 11) is 0. The first kappa shape index (κ1) is 18.3. The summed E-state index contributed by atoms with van der Waals surface area (Å²) in [5.74, 6) is -0.743. The fraction of sp³-hybridized carbons (Fsp3) is 0.176. The van der Waals surface area contributed by atoms with Gasteiger partial charge >= 0.3 is 0 Å². The Morgan fingerprint density at radius 1 is 1.04 bits per heavy atom. The zero-order chi connectivity index (χ0) is 17.5. The second-order valence-corrected chi connectivity index (χ2v) is 6.48. The third-order valence-electron chi connectivity index (χ3n) is 2.97. The highest BCUT2D eigenvalue weighted by molar-refractivity contribution is 8.00. The fourth-order valence-corrected chi connectivity index (χ4v) is 2.73. The van der Waals surface area contributed by atoms with E-state index in [0.717, 1.165) is 11.3 Å². The van der Waals surface area contributed by atoms with Crippen molar-refractivity contribution < 1.29 is 14.0 Å². The first-order valence-corrected chi connectivity index (χ1v) is 8.66. The molecule has 0 aliphatic heterocycles. The lowest BCUT2D eigenvalue weighted by molar-refractivity contribution is -0.114. The van der Waals surface area contributed by atoms with Gasteiger partial charge in [-0.3, -0.25) is 9.59 Å².